The quantitative estimate of drug-likeness (QED) is 0.805. The number of rotatable bonds is 3. The molecule has 0 amide bonds. The van der Waals surface area contributed by atoms with Crippen LogP contribution in [0.5, 0.6) is 0 Å². The highest BCUT2D eigenvalue weighted by atomic mass is 35.5. The van der Waals surface area contributed by atoms with Gasteiger partial charge in [0.05, 0.1) is 0 Å². The summed E-state index contributed by atoms with van der Waals surface area (Å²) in [6, 6.07) is 4.32. The highest BCUT2D eigenvalue weighted by molar-refractivity contribution is 7.99. The molecular weight excluding hydrogens is 218 g/mol. The Hall–Kier alpha value is -0.320. The molecule has 0 aromatic carbocycles. The van der Waals surface area contributed by atoms with Crippen molar-refractivity contribution in [2.45, 2.75) is 23.9 Å². The predicted octanol–water partition coefficient (Wildman–Crippen LogP) is 1.97. The van der Waals surface area contributed by atoms with Crippen LogP contribution >= 0.6 is 23.4 Å². The van der Waals surface area contributed by atoms with Crippen LogP contribution in [0.4, 0.5) is 0 Å². The molecule has 14 heavy (non-hydrogen) atoms. The van der Waals surface area contributed by atoms with Crippen LogP contribution in [0.15, 0.2) is 17.2 Å². The van der Waals surface area contributed by atoms with Crippen LogP contribution in [-0.2, 0) is 0 Å². The largest absolute Gasteiger partial charge is 0.313 e. The SMILES string of the molecule is Clc1ccc(SC[C@H]2CCCN2)nn1. The normalized spacial score (nSPS) is 21.4. The molecule has 1 aliphatic heterocycles. The summed E-state index contributed by atoms with van der Waals surface area (Å²) < 4.78 is 0. The van der Waals surface area contributed by atoms with Crippen LogP contribution in [0.1, 0.15) is 12.8 Å². The van der Waals surface area contributed by atoms with Gasteiger partial charge in [-0.15, -0.1) is 22.0 Å². The summed E-state index contributed by atoms with van der Waals surface area (Å²) in [7, 11) is 0. The molecule has 5 heteroatoms. The van der Waals surface area contributed by atoms with Crippen molar-refractivity contribution in [3.05, 3.63) is 17.3 Å². The van der Waals surface area contributed by atoms with Crippen LogP contribution < -0.4 is 5.32 Å². The van der Waals surface area contributed by atoms with E-state index in [0.29, 0.717) is 11.2 Å². The van der Waals surface area contributed by atoms with E-state index in [1.807, 2.05) is 6.07 Å². The fourth-order valence-corrected chi connectivity index (χ4v) is 2.49. The van der Waals surface area contributed by atoms with Crippen molar-refractivity contribution >= 4 is 23.4 Å². The summed E-state index contributed by atoms with van der Waals surface area (Å²) in [6.07, 6.45) is 2.56. The lowest BCUT2D eigenvalue weighted by Gasteiger charge is -2.07. The standard InChI is InChI=1S/C9H12ClN3S/c10-8-3-4-9(13-12-8)14-6-7-2-1-5-11-7/h3-4,7,11H,1-2,5-6H2/t7-/m1/s1. The Kier molecular flexibility index (Phi) is 3.61. The minimum absolute atomic E-state index is 0.452. The van der Waals surface area contributed by atoms with E-state index < -0.39 is 0 Å². The van der Waals surface area contributed by atoms with Gasteiger partial charge in [-0.25, -0.2) is 0 Å². The number of aromatic nitrogens is 2. The summed E-state index contributed by atoms with van der Waals surface area (Å²) in [5.74, 6) is 1.07. The van der Waals surface area contributed by atoms with Crippen molar-refractivity contribution in [1.29, 1.82) is 0 Å². The van der Waals surface area contributed by atoms with Gasteiger partial charge in [0.1, 0.15) is 5.03 Å². The average Bonchev–Trinajstić information content (AvgIpc) is 2.70. The van der Waals surface area contributed by atoms with Gasteiger partial charge in [-0.05, 0) is 31.5 Å². The second-order valence-corrected chi connectivity index (χ2v) is 4.73. The summed E-state index contributed by atoms with van der Waals surface area (Å²) in [5.41, 5.74) is 0. The van der Waals surface area contributed by atoms with Gasteiger partial charge in [-0.2, -0.15) is 0 Å². The van der Waals surface area contributed by atoms with Crippen molar-refractivity contribution in [2.24, 2.45) is 0 Å². The molecule has 1 saturated heterocycles. The molecule has 1 aliphatic rings. The van der Waals surface area contributed by atoms with Crippen LogP contribution in [-0.4, -0.2) is 28.5 Å². The maximum Gasteiger partial charge on any atom is 0.151 e. The Balaban J connectivity index is 1.82. The molecule has 0 spiro atoms. The van der Waals surface area contributed by atoms with E-state index in [1.165, 1.54) is 12.8 Å². The highest BCUT2D eigenvalue weighted by Gasteiger charge is 2.14. The molecule has 1 aromatic rings. The molecule has 0 bridgehead atoms. The van der Waals surface area contributed by atoms with Crippen LogP contribution in [0.2, 0.25) is 5.15 Å². The Morgan fingerprint density at radius 2 is 2.43 bits per heavy atom. The van der Waals surface area contributed by atoms with E-state index >= 15 is 0 Å². The summed E-state index contributed by atoms with van der Waals surface area (Å²) in [5, 5.41) is 12.6. The zero-order chi connectivity index (χ0) is 9.80. The molecule has 0 radical (unpaired) electrons. The van der Waals surface area contributed by atoms with Crippen molar-refractivity contribution < 1.29 is 0 Å². The van der Waals surface area contributed by atoms with Crippen LogP contribution in [0, 0.1) is 0 Å². The molecule has 1 aromatic heterocycles. The molecule has 1 N–H and O–H groups in total. The third-order valence-corrected chi connectivity index (χ3v) is 3.49. The topological polar surface area (TPSA) is 37.8 Å². The number of nitrogens with one attached hydrogen (secondary N) is 1. The number of hydrogen-bond donors (Lipinski definition) is 1. The molecule has 0 aliphatic carbocycles. The summed E-state index contributed by atoms with van der Waals surface area (Å²) >= 11 is 7.38. The van der Waals surface area contributed by atoms with Crippen LogP contribution in [0.25, 0.3) is 0 Å². The maximum absolute atomic E-state index is 5.64. The smallest absolute Gasteiger partial charge is 0.151 e. The number of thioether (sulfide) groups is 1. The van der Waals surface area contributed by atoms with Gasteiger partial charge < -0.3 is 5.32 Å². The zero-order valence-corrected chi connectivity index (χ0v) is 9.31. The fourth-order valence-electron chi connectivity index (χ4n) is 1.47. The van der Waals surface area contributed by atoms with E-state index in [2.05, 4.69) is 15.5 Å². The summed E-state index contributed by atoms with van der Waals surface area (Å²) in [6.45, 7) is 1.15. The average molecular weight is 230 g/mol. The molecule has 2 heterocycles. The van der Waals surface area contributed by atoms with E-state index in [9.17, 15) is 0 Å². The van der Waals surface area contributed by atoms with Gasteiger partial charge >= 0.3 is 0 Å². The van der Waals surface area contributed by atoms with Gasteiger partial charge in [-0.3, -0.25) is 0 Å². The molecule has 1 fully saturated rings. The molecule has 2 rings (SSSR count). The second-order valence-electron chi connectivity index (χ2n) is 3.30. The third kappa shape index (κ3) is 2.83. The molecule has 0 unspecified atom stereocenters. The first-order chi connectivity index (χ1) is 6.84. The minimum Gasteiger partial charge on any atom is -0.313 e. The van der Waals surface area contributed by atoms with E-state index in [-0.39, 0.29) is 0 Å². The second kappa shape index (κ2) is 4.96. The van der Waals surface area contributed by atoms with Crippen molar-refractivity contribution in [3.63, 3.8) is 0 Å². The van der Waals surface area contributed by atoms with E-state index in [4.69, 9.17) is 11.6 Å². The Morgan fingerprint density at radius 1 is 1.50 bits per heavy atom. The lowest BCUT2D eigenvalue weighted by atomic mass is 10.3. The first-order valence-corrected chi connectivity index (χ1v) is 6.06. The fraction of sp³-hybridized carbons (Fsp3) is 0.556. The van der Waals surface area contributed by atoms with Crippen LogP contribution in [0.3, 0.4) is 0 Å². The molecular formula is C9H12ClN3S. The lowest BCUT2D eigenvalue weighted by molar-refractivity contribution is 0.673. The predicted molar refractivity (Wildman–Crippen MR) is 58.8 cm³/mol. The summed E-state index contributed by atoms with van der Waals surface area (Å²) in [4.78, 5) is 0. The lowest BCUT2D eigenvalue weighted by Crippen LogP contribution is -2.23. The monoisotopic (exact) mass is 229 g/mol. The first kappa shape index (κ1) is 10.2. The molecule has 3 nitrogen and oxygen atoms in total. The van der Waals surface area contributed by atoms with Gasteiger partial charge in [0.25, 0.3) is 0 Å². The number of halogens is 1. The molecule has 76 valence electrons. The van der Waals surface area contributed by atoms with Gasteiger partial charge in [-0.1, -0.05) is 11.6 Å². The Morgan fingerprint density at radius 3 is 3.07 bits per heavy atom. The Bertz CT molecular complexity index is 285. The van der Waals surface area contributed by atoms with E-state index in [0.717, 1.165) is 17.3 Å². The van der Waals surface area contributed by atoms with E-state index in [1.54, 1.807) is 17.8 Å². The van der Waals surface area contributed by atoms with Gasteiger partial charge in [0.15, 0.2) is 5.15 Å². The Labute approximate surface area is 92.6 Å². The highest BCUT2D eigenvalue weighted by Crippen LogP contribution is 2.19. The van der Waals surface area contributed by atoms with Gasteiger partial charge in [0.2, 0.25) is 0 Å². The van der Waals surface area contributed by atoms with Crippen molar-refractivity contribution in [2.75, 3.05) is 12.3 Å². The number of hydrogen-bond acceptors (Lipinski definition) is 4. The molecule has 0 saturated carbocycles. The minimum atomic E-state index is 0.452. The van der Waals surface area contributed by atoms with Crippen molar-refractivity contribution in [1.82, 2.24) is 15.5 Å². The third-order valence-electron chi connectivity index (χ3n) is 2.20. The first-order valence-electron chi connectivity index (χ1n) is 4.70. The van der Waals surface area contributed by atoms with Crippen molar-refractivity contribution in [3.8, 4) is 0 Å². The number of nitrogens with zero attached hydrogens (tertiary/aromatic N) is 2. The van der Waals surface area contributed by atoms with Gasteiger partial charge in [0, 0.05) is 11.8 Å². The molecule has 1 atom stereocenters. The maximum atomic E-state index is 5.64. The zero-order valence-electron chi connectivity index (χ0n) is 7.74.